The van der Waals surface area contributed by atoms with Gasteiger partial charge in [-0.05, 0) is 36.4 Å². The molecule has 3 heteroatoms. The first-order valence-corrected chi connectivity index (χ1v) is 5.82. The molecule has 0 fully saturated rings. The summed E-state index contributed by atoms with van der Waals surface area (Å²) in [6.07, 6.45) is 13.3. The number of aromatic nitrogens is 1. The third kappa shape index (κ3) is 1.21. The number of hydrogen-bond acceptors (Lipinski definition) is 2. The zero-order valence-electron chi connectivity index (χ0n) is 9.55. The highest BCUT2D eigenvalue weighted by molar-refractivity contribution is 5.98. The van der Waals surface area contributed by atoms with Crippen LogP contribution in [0, 0.1) is 0 Å². The highest BCUT2D eigenvalue weighted by atomic mass is 16.5. The molecule has 0 aliphatic carbocycles. The monoisotopic (exact) mass is 234 g/mol. The average molecular weight is 234 g/mol. The molecule has 2 aromatic rings. The molecule has 86 valence electrons. The zero-order chi connectivity index (χ0) is 11.9. The summed E-state index contributed by atoms with van der Waals surface area (Å²) in [5.74, 6) is 0.894. The largest absolute Gasteiger partial charge is 0.464 e. The molecule has 3 heterocycles. The highest BCUT2D eigenvalue weighted by Gasteiger charge is 2.10. The van der Waals surface area contributed by atoms with Crippen LogP contribution in [0.4, 0.5) is 0 Å². The second-order valence-electron chi connectivity index (χ2n) is 4.25. The summed E-state index contributed by atoms with van der Waals surface area (Å²) in [4.78, 5) is 7.55. The Hall–Kier alpha value is -2.55. The number of nitrogens with zero attached hydrogens (tertiary/aromatic N) is 1. The Morgan fingerprint density at radius 1 is 1.17 bits per heavy atom. The fourth-order valence-electron chi connectivity index (χ4n) is 2.45. The molecule has 1 aromatic heterocycles. The van der Waals surface area contributed by atoms with Crippen LogP contribution in [-0.4, -0.2) is 11.2 Å². The normalized spacial score (nSPS) is 15.3. The predicted molar refractivity (Wildman–Crippen MR) is 73.8 cm³/mol. The number of benzene rings is 1. The van der Waals surface area contributed by atoms with Crippen molar-refractivity contribution in [2.75, 3.05) is 0 Å². The maximum Gasteiger partial charge on any atom is 0.134 e. The van der Waals surface area contributed by atoms with Gasteiger partial charge >= 0.3 is 0 Å². The van der Waals surface area contributed by atoms with Gasteiger partial charge in [0.25, 0.3) is 0 Å². The fraction of sp³-hybridized carbons (Fsp3) is 0. The Bertz CT molecular complexity index is 851. The van der Waals surface area contributed by atoms with Crippen molar-refractivity contribution < 1.29 is 4.74 Å². The summed E-state index contributed by atoms with van der Waals surface area (Å²) in [6, 6.07) is 4.04. The standard InChI is InChI=1S/C15H10N2O/c1-2-11-14(18-9-1)4-3-13-15(11)10-5-7-16-8-6-12(10)17-13/h1-9,17H. The molecule has 1 N–H and O–H groups in total. The Balaban J connectivity index is 2.26. The fourth-order valence-corrected chi connectivity index (χ4v) is 2.45. The van der Waals surface area contributed by atoms with Gasteiger partial charge in [-0.2, -0.15) is 0 Å². The van der Waals surface area contributed by atoms with E-state index in [1.54, 1.807) is 12.5 Å². The van der Waals surface area contributed by atoms with E-state index in [0.717, 1.165) is 27.4 Å². The zero-order valence-corrected chi connectivity index (χ0v) is 9.55. The minimum absolute atomic E-state index is 0.894. The van der Waals surface area contributed by atoms with Gasteiger partial charge in [-0.15, -0.1) is 0 Å². The maximum atomic E-state index is 5.53. The number of aromatic amines is 1. The van der Waals surface area contributed by atoms with Gasteiger partial charge in [-0.3, -0.25) is 4.99 Å². The third-order valence-electron chi connectivity index (χ3n) is 3.23. The lowest BCUT2D eigenvalue weighted by molar-refractivity contribution is 0.476. The molecule has 0 bridgehead atoms. The second kappa shape index (κ2) is 3.47. The van der Waals surface area contributed by atoms with E-state index in [-0.39, 0.29) is 0 Å². The van der Waals surface area contributed by atoms with Gasteiger partial charge in [0, 0.05) is 39.4 Å². The number of H-pyrrole nitrogens is 1. The molecular weight excluding hydrogens is 224 g/mol. The van der Waals surface area contributed by atoms with Crippen molar-refractivity contribution in [2.24, 2.45) is 4.99 Å². The number of hydrogen-bond donors (Lipinski definition) is 1. The van der Waals surface area contributed by atoms with Gasteiger partial charge in [0.15, 0.2) is 0 Å². The third-order valence-corrected chi connectivity index (χ3v) is 3.23. The van der Waals surface area contributed by atoms with Crippen molar-refractivity contribution in [1.82, 2.24) is 4.98 Å². The summed E-state index contributed by atoms with van der Waals surface area (Å²) in [7, 11) is 0. The van der Waals surface area contributed by atoms with E-state index in [1.807, 2.05) is 30.5 Å². The molecule has 0 spiro atoms. The Morgan fingerprint density at radius 2 is 2.17 bits per heavy atom. The number of allylic oxidation sites excluding steroid dienone is 1. The van der Waals surface area contributed by atoms with E-state index >= 15 is 0 Å². The Kier molecular flexibility index (Phi) is 1.83. The van der Waals surface area contributed by atoms with Crippen LogP contribution in [0.15, 0.2) is 35.7 Å². The van der Waals surface area contributed by atoms with Crippen LogP contribution in [0.25, 0.3) is 29.1 Å². The van der Waals surface area contributed by atoms with Crippen LogP contribution < -0.4 is 15.3 Å². The molecule has 0 saturated heterocycles. The lowest BCUT2D eigenvalue weighted by Gasteiger charge is -2.06. The maximum absolute atomic E-state index is 5.53. The molecule has 4 rings (SSSR count). The van der Waals surface area contributed by atoms with Crippen LogP contribution >= 0.6 is 0 Å². The predicted octanol–water partition coefficient (Wildman–Crippen LogP) is 1.69. The number of rotatable bonds is 0. The first-order valence-electron chi connectivity index (χ1n) is 5.82. The van der Waals surface area contributed by atoms with Crippen molar-refractivity contribution in [3.63, 3.8) is 0 Å². The van der Waals surface area contributed by atoms with Crippen molar-refractivity contribution in [3.8, 4) is 5.75 Å². The molecule has 0 atom stereocenters. The van der Waals surface area contributed by atoms with Crippen molar-refractivity contribution in [3.05, 3.63) is 46.8 Å². The Labute approximate surface area is 103 Å². The Morgan fingerprint density at radius 3 is 3.17 bits per heavy atom. The van der Waals surface area contributed by atoms with E-state index in [0.29, 0.717) is 0 Å². The molecule has 3 nitrogen and oxygen atoms in total. The van der Waals surface area contributed by atoms with E-state index in [9.17, 15) is 0 Å². The molecule has 18 heavy (non-hydrogen) atoms. The first-order chi connectivity index (χ1) is 8.93. The second-order valence-corrected chi connectivity index (χ2v) is 4.25. The van der Waals surface area contributed by atoms with Crippen LogP contribution in [0.3, 0.4) is 0 Å². The lowest BCUT2D eigenvalue weighted by Crippen LogP contribution is -2.10. The van der Waals surface area contributed by atoms with E-state index < -0.39 is 0 Å². The summed E-state index contributed by atoms with van der Waals surface area (Å²) in [5.41, 5.74) is 2.28. The molecule has 2 aliphatic heterocycles. The quantitative estimate of drug-likeness (QED) is 0.740. The average Bonchev–Trinajstić information content (AvgIpc) is 2.61. The SMILES string of the molecule is C1=COc2ccc3[nH]c4c(c3c2=C1)C=CN=CC=4. The lowest BCUT2D eigenvalue weighted by atomic mass is 10.1. The summed E-state index contributed by atoms with van der Waals surface area (Å²) in [6.45, 7) is 0. The smallest absolute Gasteiger partial charge is 0.134 e. The van der Waals surface area contributed by atoms with Crippen LogP contribution in [-0.2, 0) is 0 Å². The minimum atomic E-state index is 0.894. The first kappa shape index (κ1) is 9.48. The van der Waals surface area contributed by atoms with Crippen molar-refractivity contribution in [1.29, 1.82) is 0 Å². The number of fused-ring (bicyclic) bond motifs is 5. The molecule has 0 radical (unpaired) electrons. The van der Waals surface area contributed by atoms with E-state index in [2.05, 4.69) is 22.1 Å². The molecule has 1 aromatic carbocycles. The van der Waals surface area contributed by atoms with E-state index in [4.69, 9.17) is 4.74 Å². The molecule has 2 aliphatic rings. The number of nitrogens with one attached hydrogen (secondary N) is 1. The minimum Gasteiger partial charge on any atom is -0.464 e. The summed E-state index contributed by atoms with van der Waals surface area (Å²) < 4.78 is 5.53. The highest BCUT2D eigenvalue weighted by Crippen LogP contribution is 2.19. The van der Waals surface area contributed by atoms with Crippen LogP contribution in [0.5, 0.6) is 5.75 Å². The molecular formula is C15H10N2O. The van der Waals surface area contributed by atoms with Crippen LogP contribution in [0.2, 0.25) is 0 Å². The van der Waals surface area contributed by atoms with Gasteiger partial charge in [0.2, 0.25) is 0 Å². The topological polar surface area (TPSA) is 37.4 Å². The number of ether oxygens (including phenoxy) is 1. The van der Waals surface area contributed by atoms with Gasteiger partial charge in [-0.25, -0.2) is 0 Å². The molecule has 0 saturated carbocycles. The number of aliphatic imine (C=N–C) groups is 1. The van der Waals surface area contributed by atoms with Crippen LogP contribution in [0.1, 0.15) is 5.56 Å². The van der Waals surface area contributed by atoms with Crippen molar-refractivity contribution in [2.45, 2.75) is 0 Å². The van der Waals surface area contributed by atoms with Gasteiger partial charge in [0.05, 0.1) is 6.26 Å². The molecule has 0 unspecified atom stereocenters. The molecule has 0 amide bonds. The van der Waals surface area contributed by atoms with Gasteiger partial charge in [0.1, 0.15) is 5.75 Å². The summed E-state index contributed by atoms with van der Waals surface area (Å²) >= 11 is 0. The van der Waals surface area contributed by atoms with E-state index in [1.165, 1.54) is 5.39 Å². The van der Waals surface area contributed by atoms with Gasteiger partial charge in [-0.1, -0.05) is 0 Å². The van der Waals surface area contributed by atoms with Crippen molar-refractivity contribution >= 4 is 35.3 Å². The summed E-state index contributed by atoms with van der Waals surface area (Å²) in [5, 5.41) is 3.39. The van der Waals surface area contributed by atoms with Gasteiger partial charge < -0.3 is 9.72 Å².